The topological polar surface area (TPSA) is 75.7 Å². The van der Waals surface area contributed by atoms with Crippen molar-refractivity contribution >= 4 is 22.3 Å². The zero-order valence-corrected chi connectivity index (χ0v) is 20.6. The molecule has 0 aliphatic carbocycles. The van der Waals surface area contributed by atoms with Crippen molar-refractivity contribution in [2.75, 3.05) is 12.4 Å². The Balaban J connectivity index is 1.44. The Kier molecular flexibility index (Phi) is 5.90. The fraction of sp³-hybridized carbons (Fsp3) is 0.444. The highest BCUT2D eigenvalue weighted by Crippen LogP contribution is 2.29. The zero-order valence-electron chi connectivity index (χ0n) is 20.6. The van der Waals surface area contributed by atoms with Gasteiger partial charge in [0.2, 0.25) is 0 Å². The normalized spacial score (nSPS) is 21.4. The number of likely N-dealkylation sites (tertiary alicyclic amines) is 1. The van der Waals surface area contributed by atoms with Crippen molar-refractivity contribution in [3.05, 3.63) is 58.5 Å². The molecule has 0 spiro atoms. The van der Waals surface area contributed by atoms with Gasteiger partial charge in [-0.3, -0.25) is 4.98 Å². The van der Waals surface area contributed by atoms with Crippen molar-refractivity contribution in [2.24, 2.45) is 0 Å². The zero-order chi connectivity index (χ0) is 24.0. The maximum atomic E-state index is 12.9. The number of benzene rings is 1. The van der Waals surface area contributed by atoms with Crippen LogP contribution in [-0.4, -0.2) is 44.4 Å². The predicted octanol–water partition coefficient (Wildman–Crippen LogP) is 5.18. The first-order valence-corrected chi connectivity index (χ1v) is 12.3. The molecule has 4 heterocycles. The van der Waals surface area contributed by atoms with Crippen LogP contribution in [0.3, 0.4) is 0 Å². The molecule has 3 aromatic heterocycles. The van der Waals surface area contributed by atoms with Crippen molar-refractivity contribution < 1.29 is 4.42 Å². The average molecular weight is 460 g/mol. The number of nitrogens with one attached hydrogen (secondary N) is 1. The molecule has 34 heavy (non-hydrogen) atoms. The molecule has 1 aliphatic heterocycles. The lowest BCUT2D eigenvalue weighted by molar-refractivity contribution is 0.101. The van der Waals surface area contributed by atoms with Crippen LogP contribution in [0.15, 0.2) is 45.9 Å². The van der Waals surface area contributed by atoms with Gasteiger partial charge in [0.05, 0.1) is 22.6 Å². The van der Waals surface area contributed by atoms with E-state index in [0.717, 1.165) is 53.8 Å². The lowest BCUT2D eigenvalue weighted by Crippen LogP contribution is -2.49. The van der Waals surface area contributed by atoms with E-state index in [-0.39, 0.29) is 5.63 Å². The molecule has 7 nitrogen and oxygen atoms in total. The number of aryl methyl sites for hydroxylation is 2. The highest BCUT2D eigenvalue weighted by Gasteiger charge is 2.31. The van der Waals surface area contributed by atoms with Crippen molar-refractivity contribution in [2.45, 2.75) is 71.5 Å². The van der Waals surface area contributed by atoms with Gasteiger partial charge in [0.25, 0.3) is 0 Å². The largest absolute Gasteiger partial charge is 0.422 e. The van der Waals surface area contributed by atoms with Crippen molar-refractivity contribution in [3.63, 3.8) is 0 Å². The first-order valence-electron chi connectivity index (χ1n) is 12.3. The minimum absolute atomic E-state index is 0.383. The Labute approximate surface area is 199 Å². The van der Waals surface area contributed by atoms with Crippen molar-refractivity contribution in [1.82, 2.24) is 19.3 Å². The van der Waals surface area contributed by atoms with E-state index in [2.05, 4.69) is 47.1 Å². The van der Waals surface area contributed by atoms with Crippen molar-refractivity contribution in [3.8, 4) is 11.3 Å². The molecule has 0 bridgehead atoms. The van der Waals surface area contributed by atoms with E-state index in [1.807, 2.05) is 48.8 Å². The second-order valence-corrected chi connectivity index (χ2v) is 9.63. The molecule has 5 rings (SSSR count). The highest BCUT2D eigenvalue weighted by atomic mass is 16.4. The van der Waals surface area contributed by atoms with Gasteiger partial charge in [-0.1, -0.05) is 13.8 Å². The van der Waals surface area contributed by atoms with E-state index in [0.29, 0.717) is 35.0 Å². The van der Waals surface area contributed by atoms with E-state index >= 15 is 0 Å². The van der Waals surface area contributed by atoms with Crippen LogP contribution in [0.25, 0.3) is 27.9 Å². The smallest absolute Gasteiger partial charge is 0.345 e. The summed E-state index contributed by atoms with van der Waals surface area (Å²) in [6.07, 6.45) is 8.31. The van der Waals surface area contributed by atoms with Gasteiger partial charge in [-0.15, -0.1) is 0 Å². The van der Waals surface area contributed by atoms with E-state index in [9.17, 15) is 4.79 Å². The van der Waals surface area contributed by atoms with Gasteiger partial charge < -0.3 is 19.0 Å². The molecule has 0 saturated carbocycles. The molecule has 1 N–H and O–H groups in total. The fourth-order valence-electron chi connectivity index (χ4n) is 5.46. The lowest BCUT2D eigenvalue weighted by atomic mass is 9.89. The summed E-state index contributed by atoms with van der Waals surface area (Å²) in [7, 11) is 2.25. The van der Waals surface area contributed by atoms with Gasteiger partial charge in [0.1, 0.15) is 5.58 Å². The summed E-state index contributed by atoms with van der Waals surface area (Å²) < 4.78 is 7.68. The Morgan fingerprint density at radius 2 is 1.79 bits per heavy atom. The molecule has 4 aromatic rings. The molecule has 0 amide bonds. The quantitative estimate of drug-likeness (QED) is 0.414. The lowest BCUT2D eigenvalue weighted by Gasteiger charge is -2.43. The summed E-state index contributed by atoms with van der Waals surface area (Å²) >= 11 is 0. The fourth-order valence-corrected chi connectivity index (χ4v) is 5.46. The number of hydrogen-bond acceptors (Lipinski definition) is 6. The van der Waals surface area contributed by atoms with E-state index < -0.39 is 0 Å². The minimum atomic E-state index is -0.383. The number of fused-ring (bicyclic) bond motifs is 2. The SMILES string of the molecule is CC[C@@H]1C[C@@H](Nc2ccc3cc(-c4cn5cc(C)nc(C)c5n4)c(=O)oc3c2)C[C@H](CC)N1C. The molecule has 7 heteroatoms. The molecule has 1 saturated heterocycles. The number of hydrogen-bond donors (Lipinski definition) is 1. The van der Waals surface area contributed by atoms with Crippen LogP contribution in [0, 0.1) is 13.8 Å². The molecule has 1 aromatic carbocycles. The molecular formula is C27H33N5O2. The van der Waals surface area contributed by atoms with Crippen molar-refractivity contribution in [1.29, 1.82) is 0 Å². The molecule has 1 fully saturated rings. The van der Waals surface area contributed by atoms with Gasteiger partial charge in [-0.05, 0) is 64.8 Å². The van der Waals surface area contributed by atoms with Crippen LogP contribution in [0.1, 0.15) is 50.9 Å². The standard InChI is InChI=1S/C27H33N5O2/c1-6-21-11-20(12-22(7-2)31(21)5)29-19-9-8-18-10-23(27(33)34-25(18)13-19)24-15-32-14-16(3)28-17(4)26(32)30-24/h8-10,13-15,20-22,29H,6-7,11-12H2,1-5H3/t20-,21-,22+. The van der Waals surface area contributed by atoms with E-state index in [1.54, 1.807) is 0 Å². The van der Waals surface area contributed by atoms with Crippen LogP contribution in [0.4, 0.5) is 5.69 Å². The second-order valence-electron chi connectivity index (χ2n) is 9.63. The summed E-state index contributed by atoms with van der Waals surface area (Å²) in [5.41, 5.74) is 4.73. The number of rotatable bonds is 5. The van der Waals surface area contributed by atoms with Crippen LogP contribution in [-0.2, 0) is 0 Å². The number of imidazole rings is 1. The van der Waals surface area contributed by atoms with Crippen LogP contribution < -0.4 is 10.9 Å². The number of nitrogens with zero attached hydrogens (tertiary/aromatic N) is 4. The first-order chi connectivity index (χ1) is 16.4. The molecule has 0 unspecified atom stereocenters. The van der Waals surface area contributed by atoms with Crippen LogP contribution >= 0.6 is 0 Å². The van der Waals surface area contributed by atoms with Gasteiger partial charge >= 0.3 is 5.63 Å². The van der Waals surface area contributed by atoms with Gasteiger partial charge in [0.15, 0.2) is 5.65 Å². The highest BCUT2D eigenvalue weighted by molar-refractivity contribution is 5.84. The minimum Gasteiger partial charge on any atom is -0.422 e. The third-order valence-electron chi connectivity index (χ3n) is 7.32. The Morgan fingerprint density at radius 1 is 1.06 bits per heavy atom. The number of piperidine rings is 1. The molecule has 3 atom stereocenters. The summed E-state index contributed by atoms with van der Waals surface area (Å²) in [5.74, 6) is 0. The van der Waals surface area contributed by atoms with Gasteiger partial charge in [-0.25, -0.2) is 9.78 Å². The molecule has 1 aliphatic rings. The first kappa shape index (κ1) is 22.6. The molecule has 178 valence electrons. The Bertz CT molecular complexity index is 1390. The monoisotopic (exact) mass is 459 g/mol. The number of aromatic nitrogens is 3. The summed E-state index contributed by atoms with van der Waals surface area (Å²) in [6.45, 7) is 8.39. The second kappa shape index (κ2) is 8.87. The summed E-state index contributed by atoms with van der Waals surface area (Å²) in [5, 5.41) is 4.58. The van der Waals surface area contributed by atoms with Gasteiger partial charge in [-0.2, -0.15) is 0 Å². The average Bonchev–Trinajstić information content (AvgIpc) is 3.23. The third-order valence-corrected chi connectivity index (χ3v) is 7.32. The van der Waals surface area contributed by atoms with Gasteiger partial charge in [0, 0.05) is 47.7 Å². The van der Waals surface area contributed by atoms with E-state index in [4.69, 9.17) is 4.42 Å². The van der Waals surface area contributed by atoms with E-state index in [1.165, 1.54) is 0 Å². The Hall–Kier alpha value is -3.19. The van der Waals surface area contributed by atoms with Crippen LogP contribution in [0.2, 0.25) is 0 Å². The maximum Gasteiger partial charge on any atom is 0.345 e. The summed E-state index contributed by atoms with van der Waals surface area (Å²) in [4.78, 5) is 24.6. The summed E-state index contributed by atoms with van der Waals surface area (Å²) in [6, 6.07) is 9.50. The molecule has 0 radical (unpaired) electrons. The molecular weight excluding hydrogens is 426 g/mol. The third kappa shape index (κ3) is 4.09. The predicted molar refractivity (Wildman–Crippen MR) is 137 cm³/mol. The Morgan fingerprint density at radius 3 is 2.50 bits per heavy atom. The maximum absolute atomic E-state index is 12.9. The van der Waals surface area contributed by atoms with Crippen LogP contribution in [0.5, 0.6) is 0 Å². The number of anilines is 1.